The zero-order valence-electron chi connectivity index (χ0n) is 6.69. The van der Waals surface area contributed by atoms with Crippen LogP contribution in [0.2, 0.25) is 0 Å². The van der Waals surface area contributed by atoms with Crippen LogP contribution in [0.25, 0.3) is 0 Å². The van der Waals surface area contributed by atoms with E-state index in [4.69, 9.17) is 0 Å². The lowest BCUT2D eigenvalue weighted by Crippen LogP contribution is -2.36. The Labute approximate surface area is 80.3 Å². The first-order valence-electron chi connectivity index (χ1n) is 2.84. The van der Waals surface area contributed by atoms with Crippen LogP contribution in [-0.4, -0.2) is 18.1 Å². The van der Waals surface area contributed by atoms with Crippen LogP contribution >= 0.6 is 0 Å². The second-order valence-electron chi connectivity index (χ2n) is 1.85. The van der Waals surface area contributed by atoms with Crippen molar-refractivity contribution < 1.29 is 48.7 Å². The van der Waals surface area contributed by atoms with Gasteiger partial charge in [0, 0.05) is 0 Å². The fourth-order valence-electron chi connectivity index (χ4n) is 0.161. The van der Waals surface area contributed by atoms with Gasteiger partial charge in [0.15, 0.2) is 0 Å². The molecule has 0 aliphatic rings. The maximum atomic E-state index is 10.9. The number of carbonyl (C=O) groups excluding carboxylic acids is 1. The number of hydrogen-bond acceptors (Lipinski definition) is 1. The maximum absolute atomic E-state index is 10.9. The van der Waals surface area contributed by atoms with E-state index in [1.165, 1.54) is 0 Å². The van der Waals surface area contributed by atoms with E-state index in [9.17, 15) is 48.7 Å². The van der Waals surface area contributed by atoms with Crippen LogP contribution in [0.4, 0.5) is 43.9 Å². The fourth-order valence-corrected chi connectivity index (χ4v) is 0.161. The number of rotatable bonds is 0. The highest BCUT2D eigenvalue weighted by atomic mass is 19.4. The molecule has 0 amide bonds. The van der Waals surface area contributed by atoms with Gasteiger partial charge in [-0.05, 0) is 0 Å². The van der Waals surface area contributed by atoms with Gasteiger partial charge in [-0.3, -0.25) is 4.79 Å². The Balaban J connectivity index is 0. The summed E-state index contributed by atoms with van der Waals surface area (Å²) in [7, 11) is 0. The molecule has 0 bridgehead atoms. The van der Waals surface area contributed by atoms with Gasteiger partial charge in [0.25, 0.3) is 0 Å². The molecule has 0 unspecified atom stereocenters. The third-order valence-electron chi connectivity index (χ3n) is 0.658. The van der Waals surface area contributed by atoms with Crippen LogP contribution in [-0.2, 0) is 4.79 Å². The molecule has 1 nitrogen and oxygen atoms in total. The van der Waals surface area contributed by atoms with Gasteiger partial charge >= 0.3 is 30.3 Å². The first-order valence-corrected chi connectivity index (χ1v) is 2.84. The van der Waals surface area contributed by atoms with Gasteiger partial charge in [-0.15, -0.1) is 0 Å². The Morgan fingerprint density at radius 2 is 0.812 bits per heavy atom. The van der Waals surface area contributed by atoms with Crippen molar-refractivity contribution in [2.75, 3.05) is 0 Å². The summed E-state index contributed by atoms with van der Waals surface area (Å²) in [5.74, 6) is -3.68. The van der Waals surface area contributed by atoms with Crippen molar-refractivity contribution in [3.63, 3.8) is 0 Å². The topological polar surface area (TPSA) is 17.1 Å². The van der Waals surface area contributed by atoms with Gasteiger partial charge in [-0.1, -0.05) is 0 Å². The highest BCUT2D eigenvalue weighted by Crippen LogP contribution is 2.28. The van der Waals surface area contributed by atoms with E-state index < -0.39 is 30.3 Å². The molecule has 96 valence electrons. The summed E-state index contributed by atoms with van der Waals surface area (Å²) in [5.41, 5.74) is 0. The van der Waals surface area contributed by atoms with Crippen LogP contribution in [0.5, 0.6) is 0 Å². The van der Waals surface area contributed by atoms with E-state index in [1.807, 2.05) is 0 Å². The van der Waals surface area contributed by atoms with Gasteiger partial charge in [0.2, 0.25) is 0 Å². The molecule has 0 fully saturated rings. The normalized spacial score (nSPS) is 11.4. The van der Waals surface area contributed by atoms with Gasteiger partial charge < -0.3 is 0 Å². The van der Waals surface area contributed by atoms with Crippen LogP contribution in [0.1, 0.15) is 0 Å². The van der Waals surface area contributed by atoms with E-state index in [2.05, 4.69) is 0 Å². The molecule has 0 aliphatic heterocycles. The fraction of sp³-hybridized carbons (Fsp3) is 0.400. The zero-order chi connectivity index (χ0) is 13.7. The van der Waals surface area contributed by atoms with Crippen molar-refractivity contribution in [3.8, 4) is 0 Å². The average molecular weight is 266 g/mol. The Hall–Kier alpha value is -1.29. The van der Waals surface area contributed by atoms with Crippen LogP contribution < -0.4 is 0 Å². The Morgan fingerprint density at radius 3 is 0.812 bits per heavy atom. The number of hydrogen-bond donors (Lipinski definition) is 0. The van der Waals surface area contributed by atoms with Crippen LogP contribution in [0.15, 0.2) is 12.2 Å². The third-order valence-corrected chi connectivity index (χ3v) is 0.658. The summed E-state index contributed by atoms with van der Waals surface area (Å²) in [6, 6.07) is 0. The van der Waals surface area contributed by atoms with Crippen LogP contribution in [0, 0.1) is 0 Å². The SMILES string of the molecule is FC(F)=C(F)F.O=C(C(F)(F)F)C(F)(F)F. The molecule has 0 aromatic carbocycles. The summed E-state index contributed by atoms with van der Waals surface area (Å²) < 4.78 is 106. The molecule has 0 spiro atoms. The molecule has 0 aliphatic carbocycles. The number of alkyl halides is 6. The van der Waals surface area contributed by atoms with Crippen molar-refractivity contribution in [3.05, 3.63) is 12.2 Å². The van der Waals surface area contributed by atoms with Crippen LogP contribution in [0.3, 0.4) is 0 Å². The average Bonchev–Trinajstić information content (AvgIpc) is 2.00. The molecule has 0 heterocycles. The number of ketones is 1. The minimum Gasteiger partial charge on any atom is -0.279 e. The Bertz CT molecular complexity index is 236. The van der Waals surface area contributed by atoms with Crippen molar-refractivity contribution in [2.45, 2.75) is 12.4 Å². The van der Waals surface area contributed by atoms with Crippen molar-refractivity contribution >= 4 is 5.78 Å². The predicted molar refractivity (Wildman–Crippen MR) is 28.6 cm³/mol. The molecular weight excluding hydrogens is 266 g/mol. The highest BCUT2D eigenvalue weighted by Gasteiger charge is 2.55. The highest BCUT2D eigenvalue weighted by molar-refractivity contribution is 5.89. The second kappa shape index (κ2) is 5.70. The molecule has 0 radical (unpaired) electrons. The van der Waals surface area contributed by atoms with Gasteiger partial charge in [-0.25, -0.2) is 0 Å². The molecule has 0 aromatic rings. The number of carbonyl (C=O) groups is 1. The van der Waals surface area contributed by atoms with E-state index in [0.29, 0.717) is 0 Å². The summed E-state index contributed by atoms with van der Waals surface area (Å²) in [4.78, 5) is 9.24. The summed E-state index contributed by atoms with van der Waals surface area (Å²) in [5, 5.41) is 0. The predicted octanol–water partition coefficient (Wildman–Crippen LogP) is 3.67. The lowest BCUT2D eigenvalue weighted by atomic mass is 10.4. The molecule has 0 atom stereocenters. The molecule has 0 rings (SSSR count). The molecule has 11 heteroatoms. The second-order valence-corrected chi connectivity index (χ2v) is 1.85. The molecular formula is C5F10O. The van der Waals surface area contributed by atoms with E-state index in [0.717, 1.165) is 0 Å². The molecule has 0 saturated carbocycles. The standard InChI is InChI=1S/C3F6O.C2F4/c4-2(5,6)1(10)3(7,8)9;3-1(4)2(5)6. The molecule has 0 aromatic heterocycles. The third kappa shape index (κ3) is 8.05. The van der Waals surface area contributed by atoms with E-state index >= 15 is 0 Å². The first-order chi connectivity index (χ1) is 6.80. The maximum Gasteiger partial charge on any atom is 0.459 e. The van der Waals surface area contributed by atoms with E-state index in [-0.39, 0.29) is 0 Å². The molecule has 0 N–H and O–H groups in total. The molecule has 16 heavy (non-hydrogen) atoms. The monoisotopic (exact) mass is 266 g/mol. The van der Waals surface area contributed by atoms with Crippen molar-refractivity contribution in [1.29, 1.82) is 0 Å². The smallest absolute Gasteiger partial charge is 0.279 e. The zero-order valence-corrected chi connectivity index (χ0v) is 6.69. The van der Waals surface area contributed by atoms with E-state index in [1.54, 1.807) is 0 Å². The lowest BCUT2D eigenvalue weighted by molar-refractivity contribution is -0.217. The van der Waals surface area contributed by atoms with Gasteiger partial charge in [0.1, 0.15) is 0 Å². The number of Topliss-reactive ketones (excluding diaryl/α,β-unsaturated/α-hetero) is 1. The quantitative estimate of drug-likeness (QED) is 0.611. The lowest BCUT2D eigenvalue weighted by Gasteiger charge is -2.06. The first kappa shape index (κ1) is 17.1. The minimum atomic E-state index is -5.82. The van der Waals surface area contributed by atoms with Gasteiger partial charge in [0.05, 0.1) is 0 Å². The summed E-state index contributed by atoms with van der Waals surface area (Å²) in [6.45, 7) is 0. The summed E-state index contributed by atoms with van der Waals surface area (Å²) >= 11 is 0. The Morgan fingerprint density at radius 1 is 0.625 bits per heavy atom. The largest absolute Gasteiger partial charge is 0.459 e. The Kier molecular flexibility index (Phi) is 6.10. The minimum absolute atomic E-state index is 2.91. The van der Waals surface area contributed by atoms with Crippen molar-refractivity contribution in [1.82, 2.24) is 0 Å². The summed E-state index contributed by atoms with van der Waals surface area (Å²) in [6.07, 6.45) is -17.5. The van der Waals surface area contributed by atoms with Gasteiger partial charge in [-0.2, -0.15) is 43.9 Å². The molecule has 0 saturated heterocycles. The van der Waals surface area contributed by atoms with Crippen molar-refractivity contribution in [2.24, 2.45) is 0 Å². The number of halogens is 10.